The first-order valence-electron chi connectivity index (χ1n) is 5.86. The number of carboxylic acid groups (broad SMARTS) is 1. The van der Waals surface area contributed by atoms with Crippen LogP contribution in [-0.4, -0.2) is 36.2 Å². The van der Waals surface area contributed by atoms with Crippen molar-refractivity contribution in [2.24, 2.45) is 5.92 Å². The van der Waals surface area contributed by atoms with Gasteiger partial charge in [0.1, 0.15) is 11.7 Å². The van der Waals surface area contributed by atoms with Crippen molar-refractivity contribution < 1.29 is 23.8 Å². The van der Waals surface area contributed by atoms with Crippen LogP contribution >= 0.6 is 0 Å². The Hall–Kier alpha value is -1.95. The molecule has 2 unspecified atom stereocenters. The molecule has 1 heterocycles. The minimum absolute atomic E-state index is 0.0860. The highest BCUT2D eigenvalue weighted by molar-refractivity contribution is 5.95. The van der Waals surface area contributed by atoms with Crippen LogP contribution in [0.4, 0.5) is 4.39 Å². The molecule has 0 spiro atoms. The van der Waals surface area contributed by atoms with Gasteiger partial charge in [-0.05, 0) is 30.7 Å². The first-order valence-corrected chi connectivity index (χ1v) is 5.86. The Labute approximate surface area is 109 Å². The molecule has 1 amide bonds. The zero-order chi connectivity index (χ0) is 14.0. The molecule has 1 aromatic carbocycles. The molecule has 1 aliphatic rings. The van der Waals surface area contributed by atoms with Crippen LogP contribution in [0.5, 0.6) is 0 Å². The topological polar surface area (TPSA) is 75.6 Å². The predicted molar refractivity (Wildman–Crippen MR) is 64.3 cm³/mol. The lowest BCUT2D eigenvalue weighted by atomic mass is 10.0. The number of carboxylic acids is 1. The molecule has 5 nitrogen and oxygen atoms in total. The van der Waals surface area contributed by atoms with Crippen molar-refractivity contribution >= 4 is 11.9 Å². The van der Waals surface area contributed by atoms with Crippen molar-refractivity contribution in [1.82, 2.24) is 5.32 Å². The molecule has 0 aliphatic carbocycles. The van der Waals surface area contributed by atoms with Crippen molar-refractivity contribution in [3.8, 4) is 0 Å². The van der Waals surface area contributed by atoms with Gasteiger partial charge in [-0.3, -0.25) is 9.59 Å². The van der Waals surface area contributed by atoms with Crippen LogP contribution in [0.25, 0.3) is 0 Å². The standard InChI is InChI=1S/C13H14FNO4/c1-7-4-8(2-3-10(7)14)12(16)15-11-6-19-5-9(11)13(17)18/h2-4,9,11H,5-6H2,1H3,(H,15,16)(H,17,18). The van der Waals surface area contributed by atoms with Crippen LogP contribution in [0.15, 0.2) is 18.2 Å². The van der Waals surface area contributed by atoms with Gasteiger partial charge < -0.3 is 15.2 Å². The van der Waals surface area contributed by atoms with Crippen LogP contribution < -0.4 is 5.32 Å². The summed E-state index contributed by atoms with van der Waals surface area (Å²) >= 11 is 0. The largest absolute Gasteiger partial charge is 0.481 e. The van der Waals surface area contributed by atoms with Gasteiger partial charge >= 0.3 is 5.97 Å². The van der Waals surface area contributed by atoms with E-state index in [4.69, 9.17) is 9.84 Å². The Morgan fingerprint density at radius 2 is 2.16 bits per heavy atom. The Balaban J connectivity index is 2.08. The van der Waals surface area contributed by atoms with E-state index in [0.717, 1.165) is 0 Å². The number of rotatable bonds is 3. The van der Waals surface area contributed by atoms with Gasteiger partial charge in [-0.2, -0.15) is 0 Å². The minimum Gasteiger partial charge on any atom is -0.481 e. The van der Waals surface area contributed by atoms with Gasteiger partial charge in [-0.15, -0.1) is 0 Å². The second-order valence-corrected chi connectivity index (χ2v) is 4.53. The fourth-order valence-electron chi connectivity index (χ4n) is 1.98. The van der Waals surface area contributed by atoms with Gasteiger partial charge in [0, 0.05) is 5.56 Å². The van der Waals surface area contributed by atoms with Gasteiger partial charge in [-0.25, -0.2) is 4.39 Å². The Morgan fingerprint density at radius 3 is 2.79 bits per heavy atom. The van der Waals surface area contributed by atoms with E-state index in [9.17, 15) is 14.0 Å². The molecule has 1 aliphatic heterocycles. The van der Waals surface area contributed by atoms with Crippen LogP contribution in [0.2, 0.25) is 0 Å². The first kappa shape index (κ1) is 13.5. The Kier molecular flexibility index (Phi) is 3.80. The monoisotopic (exact) mass is 267 g/mol. The van der Waals surface area contributed by atoms with Gasteiger partial charge in [0.15, 0.2) is 0 Å². The highest BCUT2D eigenvalue weighted by Gasteiger charge is 2.35. The number of halogens is 1. The van der Waals surface area contributed by atoms with Gasteiger partial charge in [0.25, 0.3) is 5.91 Å². The third-order valence-corrected chi connectivity index (χ3v) is 3.13. The predicted octanol–water partition coefficient (Wildman–Crippen LogP) is 0.964. The molecule has 0 radical (unpaired) electrons. The van der Waals surface area contributed by atoms with E-state index in [1.54, 1.807) is 6.92 Å². The maximum absolute atomic E-state index is 13.1. The van der Waals surface area contributed by atoms with E-state index >= 15 is 0 Å². The second kappa shape index (κ2) is 5.36. The zero-order valence-electron chi connectivity index (χ0n) is 10.4. The summed E-state index contributed by atoms with van der Waals surface area (Å²) in [6.45, 7) is 1.82. The van der Waals surface area contributed by atoms with Crippen LogP contribution in [0, 0.1) is 18.7 Å². The lowest BCUT2D eigenvalue weighted by Gasteiger charge is -2.15. The number of aryl methyl sites for hydroxylation is 1. The highest BCUT2D eigenvalue weighted by atomic mass is 19.1. The second-order valence-electron chi connectivity index (χ2n) is 4.53. The zero-order valence-corrected chi connectivity index (χ0v) is 10.4. The molecule has 2 rings (SSSR count). The molecule has 0 saturated carbocycles. The van der Waals surface area contributed by atoms with E-state index in [0.29, 0.717) is 11.1 Å². The van der Waals surface area contributed by atoms with Crippen molar-refractivity contribution in [1.29, 1.82) is 0 Å². The maximum Gasteiger partial charge on any atom is 0.311 e. The number of carbonyl (C=O) groups excluding carboxylic acids is 1. The van der Waals surface area contributed by atoms with Gasteiger partial charge in [0.05, 0.1) is 19.3 Å². The molecule has 0 aromatic heterocycles. The third-order valence-electron chi connectivity index (χ3n) is 3.13. The number of carbonyl (C=O) groups is 2. The summed E-state index contributed by atoms with van der Waals surface area (Å²) in [4.78, 5) is 22.9. The number of hydrogen-bond acceptors (Lipinski definition) is 3. The van der Waals surface area contributed by atoms with Crippen molar-refractivity contribution in [3.05, 3.63) is 35.1 Å². The highest BCUT2D eigenvalue weighted by Crippen LogP contribution is 2.15. The molecular weight excluding hydrogens is 253 g/mol. The summed E-state index contributed by atoms with van der Waals surface area (Å²) in [5, 5.41) is 11.6. The number of ether oxygens (including phenoxy) is 1. The van der Waals surface area contributed by atoms with E-state index in [-0.39, 0.29) is 19.0 Å². The summed E-state index contributed by atoms with van der Waals surface area (Å²) in [5.74, 6) is -2.56. The molecule has 19 heavy (non-hydrogen) atoms. The van der Waals surface area contributed by atoms with Crippen molar-refractivity contribution in [3.63, 3.8) is 0 Å². The fraction of sp³-hybridized carbons (Fsp3) is 0.385. The molecule has 2 atom stereocenters. The summed E-state index contributed by atoms with van der Waals surface area (Å²) in [6.07, 6.45) is 0. The number of nitrogens with one attached hydrogen (secondary N) is 1. The number of amides is 1. The molecule has 1 aromatic rings. The van der Waals surface area contributed by atoms with Gasteiger partial charge in [0.2, 0.25) is 0 Å². The first-order chi connectivity index (χ1) is 8.99. The average Bonchev–Trinajstić information content (AvgIpc) is 2.80. The third kappa shape index (κ3) is 2.90. The SMILES string of the molecule is Cc1cc(C(=O)NC2COCC2C(=O)O)ccc1F. The molecular formula is C13H14FNO4. The normalized spacial score (nSPS) is 22.2. The Bertz CT molecular complexity index is 517. The molecule has 2 N–H and O–H groups in total. The molecule has 102 valence electrons. The fourth-order valence-corrected chi connectivity index (χ4v) is 1.98. The quantitative estimate of drug-likeness (QED) is 0.855. The van der Waals surface area contributed by atoms with Crippen molar-refractivity contribution in [2.45, 2.75) is 13.0 Å². The summed E-state index contributed by atoms with van der Waals surface area (Å²) in [6, 6.07) is 3.44. The van der Waals surface area contributed by atoms with E-state index in [2.05, 4.69) is 5.32 Å². The summed E-state index contributed by atoms with van der Waals surface area (Å²) in [7, 11) is 0. The smallest absolute Gasteiger partial charge is 0.311 e. The van der Waals surface area contributed by atoms with E-state index in [1.165, 1.54) is 18.2 Å². The van der Waals surface area contributed by atoms with E-state index < -0.39 is 23.8 Å². The van der Waals surface area contributed by atoms with Gasteiger partial charge in [-0.1, -0.05) is 0 Å². The summed E-state index contributed by atoms with van der Waals surface area (Å²) in [5.41, 5.74) is 0.667. The molecule has 0 bridgehead atoms. The lowest BCUT2D eigenvalue weighted by Crippen LogP contribution is -2.42. The van der Waals surface area contributed by atoms with Crippen LogP contribution in [0.3, 0.4) is 0 Å². The van der Waals surface area contributed by atoms with E-state index in [1.807, 2.05) is 0 Å². The van der Waals surface area contributed by atoms with Crippen LogP contribution in [0.1, 0.15) is 15.9 Å². The average molecular weight is 267 g/mol. The van der Waals surface area contributed by atoms with Crippen molar-refractivity contribution in [2.75, 3.05) is 13.2 Å². The molecule has 1 saturated heterocycles. The minimum atomic E-state index is -1.00. The number of hydrogen-bond donors (Lipinski definition) is 2. The summed E-state index contributed by atoms with van der Waals surface area (Å²) < 4.78 is 18.2. The molecule has 6 heteroatoms. The lowest BCUT2D eigenvalue weighted by molar-refractivity contribution is -0.142. The number of benzene rings is 1. The maximum atomic E-state index is 13.1. The van der Waals surface area contributed by atoms with Crippen LogP contribution in [-0.2, 0) is 9.53 Å². The molecule has 1 fully saturated rings. The Morgan fingerprint density at radius 1 is 1.42 bits per heavy atom. The number of aliphatic carboxylic acids is 1.